The Morgan fingerprint density at radius 1 is 1.12 bits per heavy atom. The van der Waals surface area contributed by atoms with Crippen molar-refractivity contribution in [2.24, 2.45) is 5.73 Å². The first-order chi connectivity index (χ1) is 6.77. The molecular weight excluding hydrogens is 250 g/mol. The fraction of sp³-hybridized carbons (Fsp3) is 0.455. The number of para-hydroxylation sites is 1. The van der Waals surface area contributed by atoms with E-state index < -0.39 is 0 Å². The number of nitrogens with two attached hydrogens (primary N) is 1. The van der Waals surface area contributed by atoms with Gasteiger partial charge < -0.3 is 10.6 Å². The van der Waals surface area contributed by atoms with Gasteiger partial charge in [0.2, 0.25) is 0 Å². The van der Waals surface area contributed by atoms with Crippen molar-refractivity contribution < 1.29 is 4.39 Å². The lowest BCUT2D eigenvalue weighted by Crippen LogP contribution is -2.40. The van der Waals surface area contributed by atoms with Crippen molar-refractivity contribution in [1.82, 2.24) is 0 Å². The molecule has 1 fully saturated rings. The largest absolute Gasteiger partial charge is 0.369 e. The highest BCUT2D eigenvalue weighted by molar-refractivity contribution is 5.85. The number of piperidine rings is 1. The van der Waals surface area contributed by atoms with E-state index in [1.165, 1.54) is 6.07 Å². The van der Waals surface area contributed by atoms with Crippen molar-refractivity contribution in [2.45, 2.75) is 18.9 Å². The quantitative estimate of drug-likeness (QED) is 0.847. The molecule has 1 aliphatic rings. The molecule has 92 valence electrons. The predicted octanol–water partition coefficient (Wildman–Crippen LogP) is 2.60. The maximum absolute atomic E-state index is 13.4. The van der Waals surface area contributed by atoms with E-state index in [2.05, 4.69) is 4.90 Å². The molecule has 0 aromatic heterocycles. The molecule has 0 unspecified atom stereocenters. The van der Waals surface area contributed by atoms with E-state index >= 15 is 0 Å². The Labute approximate surface area is 108 Å². The van der Waals surface area contributed by atoms with Crippen LogP contribution in [0.15, 0.2) is 24.3 Å². The average molecular weight is 267 g/mol. The Morgan fingerprint density at radius 3 is 2.25 bits per heavy atom. The zero-order valence-corrected chi connectivity index (χ0v) is 10.6. The molecule has 2 rings (SSSR count). The number of anilines is 1. The van der Waals surface area contributed by atoms with Gasteiger partial charge in [-0.2, -0.15) is 0 Å². The lowest BCUT2D eigenvalue weighted by Gasteiger charge is -2.32. The first-order valence-electron chi connectivity index (χ1n) is 5.02. The third kappa shape index (κ3) is 3.51. The van der Waals surface area contributed by atoms with Crippen LogP contribution in [-0.2, 0) is 0 Å². The Hall–Kier alpha value is -0.510. The molecule has 0 radical (unpaired) electrons. The Kier molecular flexibility index (Phi) is 6.72. The van der Waals surface area contributed by atoms with E-state index in [-0.39, 0.29) is 36.7 Å². The number of hydrogen-bond acceptors (Lipinski definition) is 2. The van der Waals surface area contributed by atoms with Gasteiger partial charge in [-0.1, -0.05) is 12.1 Å². The SMILES string of the molecule is Cl.Cl.NC1CCN(c2ccccc2F)CC1. The molecule has 1 heterocycles. The van der Waals surface area contributed by atoms with Gasteiger partial charge in [0.1, 0.15) is 5.82 Å². The van der Waals surface area contributed by atoms with Crippen LogP contribution in [0.3, 0.4) is 0 Å². The lowest BCUT2D eigenvalue weighted by molar-refractivity contribution is 0.494. The number of rotatable bonds is 1. The molecule has 0 spiro atoms. The van der Waals surface area contributed by atoms with Crippen molar-refractivity contribution in [3.05, 3.63) is 30.1 Å². The van der Waals surface area contributed by atoms with Crippen LogP contribution in [-0.4, -0.2) is 19.1 Å². The highest BCUT2D eigenvalue weighted by Crippen LogP contribution is 2.22. The van der Waals surface area contributed by atoms with Gasteiger partial charge >= 0.3 is 0 Å². The molecule has 5 heteroatoms. The van der Waals surface area contributed by atoms with Gasteiger partial charge in [0, 0.05) is 19.1 Å². The molecule has 1 aliphatic heterocycles. The molecule has 16 heavy (non-hydrogen) atoms. The molecule has 2 nitrogen and oxygen atoms in total. The van der Waals surface area contributed by atoms with E-state index in [9.17, 15) is 4.39 Å². The van der Waals surface area contributed by atoms with E-state index in [0.29, 0.717) is 5.69 Å². The zero-order chi connectivity index (χ0) is 9.97. The number of nitrogens with zero attached hydrogens (tertiary/aromatic N) is 1. The van der Waals surface area contributed by atoms with Crippen molar-refractivity contribution in [1.29, 1.82) is 0 Å². The monoisotopic (exact) mass is 266 g/mol. The van der Waals surface area contributed by atoms with Gasteiger partial charge in [0.15, 0.2) is 0 Å². The highest BCUT2D eigenvalue weighted by Gasteiger charge is 2.17. The van der Waals surface area contributed by atoms with Gasteiger partial charge in [0.05, 0.1) is 5.69 Å². The normalized spacial score (nSPS) is 16.2. The molecule has 2 N–H and O–H groups in total. The summed E-state index contributed by atoms with van der Waals surface area (Å²) in [6.07, 6.45) is 1.91. The first kappa shape index (κ1) is 15.5. The second kappa shape index (κ2) is 6.94. The highest BCUT2D eigenvalue weighted by atomic mass is 35.5. The second-order valence-corrected chi connectivity index (χ2v) is 3.78. The van der Waals surface area contributed by atoms with Crippen LogP contribution in [0.2, 0.25) is 0 Å². The third-order valence-corrected chi connectivity index (χ3v) is 2.73. The zero-order valence-electron chi connectivity index (χ0n) is 8.93. The molecule has 0 aliphatic carbocycles. The van der Waals surface area contributed by atoms with Crippen molar-refractivity contribution in [3.63, 3.8) is 0 Å². The summed E-state index contributed by atoms with van der Waals surface area (Å²) in [7, 11) is 0. The summed E-state index contributed by atoms with van der Waals surface area (Å²) in [5.74, 6) is -0.136. The summed E-state index contributed by atoms with van der Waals surface area (Å²) < 4.78 is 13.4. The van der Waals surface area contributed by atoms with Gasteiger partial charge in [-0.3, -0.25) is 0 Å². The number of halogens is 3. The van der Waals surface area contributed by atoms with Crippen LogP contribution in [0.5, 0.6) is 0 Å². The van der Waals surface area contributed by atoms with Gasteiger partial charge in [-0.25, -0.2) is 4.39 Å². The van der Waals surface area contributed by atoms with Crippen LogP contribution in [0.25, 0.3) is 0 Å². The minimum absolute atomic E-state index is 0. The van der Waals surface area contributed by atoms with Crippen LogP contribution in [0, 0.1) is 5.82 Å². The molecule has 1 saturated heterocycles. The van der Waals surface area contributed by atoms with Crippen LogP contribution >= 0.6 is 24.8 Å². The van der Waals surface area contributed by atoms with Crippen LogP contribution in [0.1, 0.15) is 12.8 Å². The minimum atomic E-state index is -0.136. The van der Waals surface area contributed by atoms with Gasteiger partial charge in [-0.05, 0) is 25.0 Å². The molecule has 1 aromatic rings. The van der Waals surface area contributed by atoms with Crippen LogP contribution < -0.4 is 10.6 Å². The van der Waals surface area contributed by atoms with Crippen LogP contribution in [0.4, 0.5) is 10.1 Å². The van der Waals surface area contributed by atoms with E-state index in [0.717, 1.165) is 25.9 Å². The molecule has 1 aromatic carbocycles. The van der Waals surface area contributed by atoms with Gasteiger partial charge in [0.25, 0.3) is 0 Å². The molecular formula is C11H17Cl2FN2. The van der Waals surface area contributed by atoms with Crippen molar-refractivity contribution >= 4 is 30.5 Å². The molecule has 0 saturated carbocycles. The Morgan fingerprint density at radius 2 is 1.69 bits per heavy atom. The summed E-state index contributed by atoms with van der Waals surface area (Å²) in [5.41, 5.74) is 6.50. The first-order valence-corrected chi connectivity index (χ1v) is 5.02. The Balaban J connectivity index is 0.00000112. The summed E-state index contributed by atoms with van der Waals surface area (Å²) >= 11 is 0. The Bertz CT molecular complexity index is 315. The topological polar surface area (TPSA) is 29.3 Å². The molecule has 0 atom stereocenters. The van der Waals surface area contributed by atoms with Crippen molar-refractivity contribution in [2.75, 3.05) is 18.0 Å². The third-order valence-electron chi connectivity index (χ3n) is 2.73. The summed E-state index contributed by atoms with van der Waals surface area (Å²) in [6, 6.07) is 7.20. The maximum Gasteiger partial charge on any atom is 0.146 e. The predicted molar refractivity (Wildman–Crippen MR) is 70.3 cm³/mol. The number of hydrogen-bond donors (Lipinski definition) is 1. The lowest BCUT2D eigenvalue weighted by atomic mass is 10.1. The second-order valence-electron chi connectivity index (χ2n) is 3.78. The summed E-state index contributed by atoms with van der Waals surface area (Å²) in [6.45, 7) is 1.73. The fourth-order valence-corrected chi connectivity index (χ4v) is 1.85. The summed E-state index contributed by atoms with van der Waals surface area (Å²) in [5, 5.41) is 0. The average Bonchev–Trinajstić information content (AvgIpc) is 2.20. The molecule has 0 amide bonds. The molecule has 0 bridgehead atoms. The standard InChI is InChI=1S/C11H15FN2.2ClH/c12-10-3-1-2-4-11(10)14-7-5-9(13)6-8-14;;/h1-4,9H,5-8,13H2;2*1H. The van der Waals surface area contributed by atoms with Crippen molar-refractivity contribution in [3.8, 4) is 0 Å². The minimum Gasteiger partial charge on any atom is -0.369 e. The number of benzene rings is 1. The smallest absolute Gasteiger partial charge is 0.146 e. The van der Waals surface area contributed by atoms with E-state index in [4.69, 9.17) is 5.73 Å². The maximum atomic E-state index is 13.4. The van der Waals surface area contributed by atoms with Gasteiger partial charge in [-0.15, -0.1) is 24.8 Å². The van der Waals surface area contributed by atoms with E-state index in [1.54, 1.807) is 6.07 Å². The fourth-order valence-electron chi connectivity index (χ4n) is 1.85. The summed E-state index contributed by atoms with van der Waals surface area (Å²) in [4.78, 5) is 2.07. The van der Waals surface area contributed by atoms with E-state index in [1.807, 2.05) is 12.1 Å².